The van der Waals surface area contributed by atoms with Gasteiger partial charge in [-0.05, 0) is 64.7 Å². The first-order chi connectivity index (χ1) is 11.6. The van der Waals surface area contributed by atoms with Gasteiger partial charge in [-0.3, -0.25) is 9.63 Å². The molecule has 0 unspecified atom stereocenters. The minimum Gasteiger partial charge on any atom is -0.277 e. The highest BCUT2D eigenvalue weighted by Crippen LogP contribution is 2.26. The number of hydrogen-bond acceptors (Lipinski definition) is 4. The van der Waals surface area contributed by atoms with Crippen LogP contribution in [0.2, 0.25) is 0 Å². The molecule has 140 valence electrons. The van der Waals surface area contributed by atoms with Crippen LogP contribution < -0.4 is 5.48 Å². The van der Waals surface area contributed by atoms with Crippen LogP contribution in [0.15, 0.2) is 40.3 Å². The first-order valence-corrected chi connectivity index (χ1v) is 9.88. The zero-order valence-electron chi connectivity index (χ0n) is 16.0. The Morgan fingerprint density at radius 3 is 2.16 bits per heavy atom. The normalized spacial score (nSPS) is 13.4. The van der Waals surface area contributed by atoms with Gasteiger partial charge < -0.3 is 0 Å². The summed E-state index contributed by atoms with van der Waals surface area (Å²) in [5.74, 6) is -0.699. The number of amides is 1. The zero-order chi connectivity index (χ0) is 19.3. The van der Waals surface area contributed by atoms with E-state index in [1.54, 1.807) is 12.1 Å². The Bertz CT molecular complexity index is 731. The van der Waals surface area contributed by atoms with Crippen molar-refractivity contribution in [2.24, 2.45) is 0 Å². The van der Waals surface area contributed by atoms with E-state index in [2.05, 4.69) is 31.1 Å². The molecule has 0 aliphatic carbocycles. The number of nitrogens with one attached hydrogen (secondary N) is 1. The second-order valence-corrected chi connectivity index (χ2v) is 9.21. The average Bonchev–Trinajstić information content (AvgIpc) is 2.59. The number of sulfone groups is 1. The maximum atomic E-state index is 12.8. The van der Waals surface area contributed by atoms with Gasteiger partial charge in [-0.25, -0.2) is 13.9 Å². The summed E-state index contributed by atoms with van der Waals surface area (Å²) in [7, 11) is -2.56. The molecule has 0 aliphatic heterocycles. The number of carbonyl (C=O) groups excluding carboxylic acids is 1. The molecule has 1 N–H and O–H groups in total. The predicted octanol–water partition coefficient (Wildman–Crippen LogP) is 3.60. The molecule has 0 saturated carbocycles. The third-order valence-corrected chi connectivity index (χ3v) is 7.12. The smallest absolute Gasteiger partial charge is 0.264 e. The third kappa shape index (κ3) is 4.92. The molecule has 0 atom stereocenters. The second-order valence-electron chi connectivity index (χ2n) is 6.71. The van der Waals surface area contributed by atoms with Gasteiger partial charge in [0.05, 0.1) is 12.0 Å². The van der Waals surface area contributed by atoms with Crippen molar-refractivity contribution in [3.8, 4) is 0 Å². The second kappa shape index (κ2) is 8.63. The largest absolute Gasteiger partial charge is 0.277 e. The van der Waals surface area contributed by atoms with Crippen molar-refractivity contribution >= 4 is 15.7 Å². The number of benzene rings is 1. The fourth-order valence-electron chi connectivity index (χ4n) is 2.31. The van der Waals surface area contributed by atoms with Crippen LogP contribution in [0.5, 0.6) is 0 Å². The van der Waals surface area contributed by atoms with Gasteiger partial charge in [0.15, 0.2) is 14.6 Å². The number of carbonyl (C=O) groups is 1. The molecule has 0 spiro atoms. The molecular weight excluding hydrogens is 338 g/mol. The Hall–Kier alpha value is -1.66. The van der Waals surface area contributed by atoms with E-state index in [4.69, 9.17) is 0 Å². The highest BCUT2D eigenvalue weighted by molar-refractivity contribution is 7.93. The highest BCUT2D eigenvalue weighted by atomic mass is 32.2. The monoisotopic (exact) mass is 367 g/mol. The Labute approximate surface area is 151 Å². The lowest BCUT2D eigenvalue weighted by Crippen LogP contribution is -2.47. The van der Waals surface area contributed by atoms with Crippen molar-refractivity contribution in [1.82, 2.24) is 5.48 Å². The van der Waals surface area contributed by atoms with Crippen LogP contribution in [0.3, 0.4) is 0 Å². The van der Waals surface area contributed by atoms with E-state index in [-0.39, 0.29) is 4.90 Å². The van der Waals surface area contributed by atoms with Gasteiger partial charge in [0.1, 0.15) is 0 Å². The van der Waals surface area contributed by atoms with E-state index in [0.29, 0.717) is 0 Å². The lowest BCUT2D eigenvalue weighted by Gasteiger charge is -2.23. The van der Waals surface area contributed by atoms with Crippen LogP contribution in [0.1, 0.15) is 53.0 Å². The number of aryl methyl sites for hydroxylation is 1. The van der Waals surface area contributed by atoms with Gasteiger partial charge in [-0.1, -0.05) is 30.2 Å². The molecule has 1 amide bonds. The summed E-state index contributed by atoms with van der Waals surface area (Å²) in [6, 6.07) is 6.76. The van der Waals surface area contributed by atoms with Gasteiger partial charge >= 0.3 is 0 Å². The minimum absolute atomic E-state index is 0.129. The Kier molecular flexibility index (Phi) is 7.38. The first kappa shape index (κ1) is 21.4. The Morgan fingerprint density at radius 1 is 1.12 bits per heavy atom. The van der Waals surface area contributed by atoms with Gasteiger partial charge in [0.2, 0.25) is 0 Å². The molecule has 6 heteroatoms. The summed E-state index contributed by atoms with van der Waals surface area (Å²) in [6.07, 6.45) is 2.85. The quantitative estimate of drug-likeness (QED) is 0.563. The summed E-state index contributed by atoms with van der Waals surface area (Å²) >= 11 is 0. The van der Waals surface area contributed by atoms with E-state index >= 15 is 0 Å². The molecule has 1 aromatic carbocycles. The minimum atomic E-state index is -3.83. The summed E-state index contributed by atoms with van der Waals surface area (Å²) in [4.78, 5) is 16.7. The molecule has 0 saturated heterocycles. The Balaban J connectivity index is 2.97. The van der Waals surface area contributed by atoms with Crippen LogP contribution in [0.25, 0.3) is 0 Å². The molecule has 0 aliphatic rings. The number of hydrogen-bond donors (Lipinski definition) is 1. The van der Waals surface area contributed by atoms with E-state index < -0.39 is 20.5 Å². The number of hydroxylamine groups is 1. The van der Waals surface area contributed by atoms with Gasteiger partial charge in [-0.15, -0.1) is 0 Å². The van der Waals surface area contributed by atoms with Crippen LogP contribution in [0.4, 0.5) is 0 Å². The van der Waals surface area contributed by atoms with Crippen molar-refractivity contribution in [1.29, 1.82) is 0 Å². The molecule has 0 heterocycles. The van der Waals surface area contributed by atoms with E-state index in [0.717, 1.165) is 24.8 Å². The zero-order valence-corrected chi connectivity index (χ0v) is 16.8. The lowest BCUT2D eigenvalue weighted by molar-refractivity contribution is -0.133. The predicted molar refractivity (Wildman–Crippen MR) is 99.8 cm³/mol. The lowest BCUT2D eigenvalue weighted by atomic mass is 10.0. The molecule has 25 heavy (non-hydrogen) atoms. The molecule has 0 aromatic heterocycles. The summed E-state index contributed by atoms with van der Waals surface area (Å²) in [5, 5.41) is 0. The molecule has 0 bridgehead atoms. The SMILES string of the molecule is CCC(C)=C(C)CCc1ccc(S(=O)(=O)C(C)(C)C(=O)NOC)cc1. The van der Waals surface area contributed by atoms with E-state index in [1.807, 2.05) is 12.1 Å². The Morgan fingerprint density at radius 2 is 1.68 bits per heavy atom. The van der Waals surface area contributed by atoms with Crippen LogP contribution >= 0.6 is 0 Å². The standard InChI is InChI=1S/C19H29NO4S/c1-7-14(2)15(3)8-9-16-10-12-17(13-11-16)25(22,23)19(4,5)18(21)20-24-6/h10-13H,7-9H2,1-6H3,(H,20,21). The van der Waals surface area contributed by atoms with Crippen molar-refractivity contribution in [3.63, 3.8) is 0 Å². The fraction of sp³-hybridized carbons (Fsp3) is 0.526. The first-order valence-electron chi connectivity index (χ1n) is 8.40. The van der Waals surface area contributed by atoms with Crippen LogP contribution in [0, 0.1) is 0 Å². The highest BCUT2D eigenvalue weighted by Gasteiger charge is 2.43. The molecular formula is C19H29NO4S. The molecule has 5 nitrogen and oxygen atoms in total. The van der Waals surface area contributed by atoms with E-state index in [9.17, 15) is 13.2 Å². The molecule has 0 fully saturated rings. The molecule has 0 radical (unpaired) electrons. The van der Waals surface area contributed by atoms with Gasteiger partial charge in [0, 0.05) is 0 Å². The summed E-state index contributed by atoms with van der Waals surface area (Å²) < 4.78 is 23.9. The maximum Gasteiger partial charge on any atom is 0.264 e. The third-order valence-electron chi connectivity index (χ3n) is 4.69. The van der Waals surface area contributed by atoms with Gasteiger partial charge in [0.25, 0.3) is 5.91 Å². The van der Waals surface area contributed by atoms with E-state index in [1.165, 1.54) is 32.1 Å². The average molecular weight is 368 g/mol. The van der Waals surface area contributed by atoms with Crippen molar-refractivity contribution in [2.45, 2.75) is 63.5 Å². The summed E-state index contributed by atoms with van der Waals surface area (Å²) in [5.41, 5.74) is 5.93. The van der Waals surface area contributed by atoms with Crippen LogP contribution in [-0.2, 0) is 25.9 Å². The van der Waals surface area contributed by atoms with Crippen molar-refractivity contribution < 1.29 is 18.0 Å². The number of allylic oxidation sites excluding steroid dienone is 2. The van der Waals surface area contributed by atoms with Gasteiger partial charge in [-0.2, -0.15) is 0 Å². The topological polar surface area (TPSA) is 72.5 Å². The number of rotatable bonds is 8. The fourth-order valence-corrected chi connectivity index (χ4v) is 3.68. The van der Waals surface area contributed by atoms with Crippen molar-refractivity contribution in [3.05, 3.63) is 41.0 Å². The molecule has 1 aromatic rings. The van der Waals surface area contributed by atoms with Crippen molar-refractivity contribution in [2.75, 3.05) is 7.11 Å². The summed E-state index contributed by atoms with van der Waals surface area (Å²) in [6.45, 7) is 9.14. The maximum absolute atomic E-state index is 12.8. The van der Waals surface area contributed by atoms with Crippen LogP contribution in [-0.4, -0.2) is 26.2 Å². The molecule has 1 rings (SSSR count).